The van der Waals surface area contributed by atoms with E-state index in [4.69, 9.17) is 4.74 Å². The van der Waals surface area contributed by atoms with Gasteiger partial charge in [0.25, 0.3) is 5.91 Å². The van der Waals surface area contributed by atoms with Crippen LogP contribution in [0.4, 0.5) is 8.78 Å². The maximum absolute atomic E-state index is 13.2. The summed E-state index contributed by atoms with van der Waals surface area (Å²) >= 11 is 1.39. The molecule has 0 aliphatic heterocycles. The average molecular weight is 388 g/mol. The number of rotatable bonds is 7. The second-order valence-corrected chi connectivity index (χ2v) is 6.74. The van der Waals surface area contributed by atoms with E-state index in [-0.39, 0.29) is 12.5 Å². The molecule has 140 valence electrons. The summed E-state index contributed by atoms with van der Waals surface area (Å²) in [6.45, 7) is 2.67. The van der Waals surface area contributed by atoms with Crippen molar-refractivity contribution in [3.8, 4) is 16.3 Å². The average Bonchev–Trinajstić information content (AvgIpc) is 3.14. The third-order valence-electron chi connectivity index (χ3n) is 3.70. The number of halogens is 2. The summed E-state index contributed by atoms with van der Waals surface area (Å²) < 4.78 is 32.0. The van der Waals surface area contributed by atoms with Gasteiger partial charge in [0.1, 0.15) is 34.7 Å². The number of hydrogen-bond acceptors (Lipinski definition) is 4. The van der Waals surface area contributed by atoms with Crippen molar-refractivity contribution in [3.63, 3.8) is 0 Å². The first-order valence-electron chi connectivity index (χ1n) is 8.47. The van der Waals surface area contributed by atoms with Gasteiger partial charge < -0.3 is 10.1 Å². The van der Waals surface area contributed by atoms with E-state index >= 15 is 0 Å². The molecule has 7 heteroatoms. The van der Waals surface area contributed by atoms with Gasteiger partial charge in [-0.05, 0) is 48.4 Å². The van der Waals surface area contributed by atoms with Crippen LogP contribution < -0.4 is 10.1 Å². The smallest absolute Gasteiger partial charge is 0.270 e. The molecule has 0 saturated heterocycles. The molecule has 0 unspecified atom stereocenters. The van der Waals surface area contributed by atoms with E-state index in [1.54, 1.807) is 17.5 Å². The minimum Gasteiger partial charge on any atom is -0.489 e. The van der Waals surface area contributed by atoms with E-state index in [0.29, 0.717) is 23.6 Å². The fourth-order valence-corrected chi connectivity index (χ4v) is 3.20. The molecule has 1 heterocycles. The zero-order valence-corrected chi connectivity index (χ0v) is 15.5. The first kappa shape index (κ1) is 19.0. The van der Waals surface area contributed by atoms with Crippen molar-refractivity contribution in [1.29, 1.82) is 0 Å². The van der Waals surface area contributed by atoms with Gasteiger partial charge in [-0.25, -0.2) is 13.8 Å². The van der Waals surface area contributed by atoms with E-state index in [0.717, 1.165) is 23.1 Å². The Hall–Kier alpha value is -2.80. The van der Waals surface area contributed by atoms with Crippen molar-refractivity contribution in [2.24, 2.45) is 0 Å². The number of nitrogens with zero attached hydrogens (tertiary/aromatic N) is 1. The molecule has 1 aromatic heterocycles. The van der Waals surface area contributed by atoms with E-state index in [1.807, 2.05) is 19.1 Å². The predicted octanol–water partition coefficient (Wildman–Crippen LogP) is 4.81. The summed E-state index contributed by atoms with van der Waals surface area (Å²) in [5, 5.41) is 5.25. The highest BCUT2D eigenvalue weighted by molar-refractivity contribution is 7.13. The van der Waals surface area contributed by atoms with Crippen molar-refractivity contribution in [1.82, 2.24) is 10.3 Å². The Morgan fingerprint density at radius 3 is 2.52 bits per heavy atom. The molecule has 0 aliphatic rings. The molecule has 27 heavy (non-hydrogen) atoms. The number of carbonyl (C=O) groups is 1. The summed E-state index contributed by atoms with van der Waals surface area (Å²) in [6.07, 6.45) is 0.868. The van der Waals surface area contributed by atoms with Gasteiger partial charge in [-0.15, -0.1) is 11.3 Å². The van der Waals surface area contributed by atoms with Crippen LogP contribution in [0.2, 0.25) is 0 Å². The van der Waals surface area contributed by atoms with Crippen LogP contribution in [0.25, 0.3) is 10.6 Å². The fourth-order valence-electron chi connectivity index (χ4n) is 2.39. The topological polar surface area (TPSA) is 51.2 Å². The summed E-state index contributed by atoms with van der Waals surface area (Å²) in [7, 11) is 0. The number of nitrogens with one attached hydrogen (secondary N) is 1. The van der Waals surface area contributed by atoms with Gasteiger partial charge in [-0.2, -0.15) is 0 Å². The summed E-state index contributed by atoms with van der Waals surface area (Å²) in [4.78, 5) is 16.3. The first-order valence-corrected chi connectivity index (χ1v) is 9.35. The Labute approximate surface area is 159 Å². The van der Waals surface area contributed by atoms with Crippen LogP contribution in [-0.2, 0) is 6.61 Å². The van der Waals surface area contributed by atoms with Crippen LogP contribution in [0.15, 0.2) is 47.8 Å². The van der Waals surface area contributed by atoms with E-state index in [2.05, 4.69) is 10.3 Å². The monoisotopic (exact) mass is 388 g/mol. The summed E-state index contributed by atoms with van der Waals surface area (Å²) in [5.74, 6) is -0.875. The van der Waals surface area contributed by atoms with Crippen molar-refractivity contribution >= 4 is 17.2 Å². The second kappa shape index (κ2) is 8.73. The van der Waals surface area contributed by atoms with Crippen LogP contribution in [0.1, 0.15) is 29.4 Å². The minimum absolute atomic E-state index is 0.0625. The molecule has 4 nitrogen and oxygen atoms in total. The number of aromatic nitrogens is 1. The number of benzene rings is 2. The summed E-state index contributed by atoms with van der Waals surface area (Å²) in [5.41, 5.74) is 1.68. The van der Waals surface area contributed by atoms with Crippen molar-refractivity contribution < 1.29 is 18.3 Å². The van der Waals surface area contributed by atoms with Crippen molar-refractivity contribution in [3.05, 3.63) is 70.7 Å². The standard InChI is InChI=1S/C20H18F2N2O2S/c1-2-7-23-19(25)18-12-27-20(24-18)14-3-5-17(6-4-14)26-11-13-8-15(21)10-16(22)9-13/h3-6,8-10,12H,2,7,11H2,1H3,(H,23,25). The van der Waals surface area contributed by atoms with Gasteiger partial charge in [0.2, 0.25) is 0 Å². The highest BCUT2D eigenvalue weighted by Crippen LogP contribution is 2.26. The molecule has 0 atom stereocenters. The number of thiazole rings is 1. The lowest BCUT2D eigenvalue weighted by Crippen LogP contribution is -2.24. The molecule has 0 radical (unpaired) electrons. The third-order valence-corrected chi connectivity index (χ3v) is 4.59. The maximum Gasteiger partial charge on any atom is 0.270 e. The maximum atomic E-state index is 13.2. The fraction of sp³-hybridized carbons (Fsp3) is 0.200. The molecule has 1 N–H and O–H groups in total. The van der Waals surface area contributed by atoms with Gasteiger partial charge in [0.15, 0.2) is 0 Å². The van der Waals surface area contributed by atoms with Gasteiger partial charge in [-0.3, -0.25) is 4.79 Å². The van der Waals surface area contributed by atoms with Crippen molar-refractivity contribution in [2.75, 3.05) is 6.54 Å². The SMILES string of the molecule is CCCNC(=O)c1csc(-c2ccc(OCc3cc(F)cc(F)c3)cc2)n1. The Morgan fingerprint density at radius 1 is 1.15 bits per heavy atom. The van der Waals surface area contributed by atoms with Gasteiger partial charge in [-0.1, -0.05) is 6.92 Å². The van der Waals surface area contributed by atoms with Gasteiger partial charge in [0, 0.05) is 23.6 Å². The van der Waals surface area contributed by atoms with E-state index in [9.17, 15) is 13.6 Å². The van der Waals surface area contributed by atoms with Crippen LogP contribution in [-0.4, -0.2) is 17.4 Å². The molecule has 0 aliphatic carbocycles. The highest BCUT2D eigenvalue weighted by Gasteiger charge is 2.11. The number of hydrogen-bond donors (Lipinski definition) is 1. The number of carbonyl (C=O) groups excluding carboxylic acids is 1. The van der Waals surface area contributed by atoms with Crippen LogP contribution in [0, 0.1) is 11.6 Å². The quantitative estimate of drug-likeness (QED) is 0.632. The molecule has 0 bridgehead atoms. The highest BCUT2D eigenvalue weighted by atomic mass is 32.1. The molecule has 0 saturated carbocycles. The van der Waals surface area contributed by atoms with Crippen LogP contribution in [0.3, 0.4) is 0 Å². The zero-order valence-electron chi connectivity index (χ0n) is 14.7. The molecule has 3 rings (SSSR count). The van der Waals surface area contributed by atoms with E-state index < -0.39 is 11.6 Å². The van der Waals surface area contributed by atoms with Crippen LogP contribution >= 0.6 is 11.3 Å². The van der Waals surface area contributed by atoms with Crippen LogP contribution in [0.5, 0.6) is 5.75 Å². The van der Waals surface area contributed by atoms with Gasteiger partial charge in [0.05, 0.1) is 0 Å². The molecule has 0 spiro atoms. The summed E-state index contributed by atoms with van der Waals surface area (Å²) in [6, 6.07) is 10.5. The first-order chi connectivity index (χ1) is 13.0. The predicted molar refractivity (Wildman–Crippen MR) is 101 cm³/mol. The Bertz CT molecular complexity index is 906. The third kappa shape index (κ3) is 5.10. The lowest BCUT2D eigenvalue weighted by Gasteiger charge is -2.07. The van der Waals surface area contributed by atoms with Crippen molar-refractivity contribution in [2.45, 2.75) is 20.0 Å². The lowest BCUT2D eigenvalue weighted by molar-refractivity contribution is 0.0949. The number of ether oxygens (including phenoxy) is 1. The Morgan fingerprint density at radius 2 is 1.85 bits per heavy atom. The largest absolute Gasteiger partial charge is 0.489 e. The molecule has 3 aromatic rings. The normalized spacial score (nSPS) is 10.6. The van der Waals surface area contributed by atoms with E-state index in [1.165, 1.54) is 23.5 Å². The Kier molecular flexibility index (Phi) is 6.13. The Balaban J connectivity index is 1.63. The second-order valence-electron chi connectivity index (χ2n) is 5.88. The van der Waals surface area contributed by atoms with Gasteiger partial charge >= 0.3 is 0 Å². The molecule has 2 aromatic carbocycles. The minimum atomic E-state index is -0.633. The number of amides is 1. The zero-order chi connectivity index (χ0) is 19.2. The molecular weight excluding hydrogens is 370 g/mol. The molecular formula is C20H18F2N2O2S. The molecule has 0 fully saturated rings. The molecule has 1 amide bonds. The lowest BCUT2D eigenvalue weighted by atomic mass is 10.2.